The highest BCUT2D eigenvalue weighted by Gasteiger charge is 2.60. The van der Waals surface area contributed by atoms with Crippen molar-refractivity contribution < 1.29 is 14.3 Å². The van der Waals surface area contributed by atoms with E-state index in [1.54, 1.807) is 0 Å². The quantitative estimate of drug-likeness (QED) is 0.801. The van der Waals surface area contributed by atoms with Crippen molar-refractivity contribution in [3.63, 3.8) is 0 Å². The maximum absolute atomic E-state index is 12.3. The summed E-state index contributed by atoms with van der Waals surface area (Å²) in [4.78, 5) is 12.3. The Kier molecular flexibility index (Phi) is 4.25. The second-order valence-corrected chi connectivity index (χ2v) is 7.60. The molecule has 128 valence electrons. The minimum Gasteiger partial charge on any atom is -0.461 e. The van der Waals surface area contributed by atoms with Gasteiger partial charge in [-0.15, -0.1) is 0 Å². The summed E-state index contributed by atoms with van der Waals surface area (Å²) in [6, 6.07) is 0. The second kappa shape index (κ2) is 5.93. The molecule has 2 heterocycles. The minimum absolute atomic E-state index is 0.00334. The lowest BCUT2D eigenvalue weighted by Crippen LogP contribution is -2.65. The highest BCUT2D eigenvalue weighted by Crippen LogP contribution is 2.53. The molecule has 0 spiro atoms. The van der Waals surface area contributed by atoms with Gasteiger partial charge in [-0.05, 0) is 38.7 Å². The fourth-order valence-electron chi connectivity index (χ4n) is 4.32. The molecule has 0 bridgehead atoms. The van der Waals surface area contributed by atoms with Gasteiger partial charge in [-0.1, -0.05) is 13.8 Å². The van der Waals surface area contributed by atoms with E-state index in [1.807, 2.05) is 25.6 Å². The minimum atomic E-state index is -0.102. The first-order chi connectivity index (χ1) is 10.8. The molecule has 0 N–H and O–H groups in total. The number of fused-ring (bicyclic) bond motifs is 1. The Hall–Kier alpha value is -1.36. The van der Waals surface area contributed by atoms with Crippen LogP contribution in [0.1, 0.15) is 50.1 Å². The first-order valence-corrected chi connectivity index (χ1v) is 8.62. The maximum Gasteiger partial charge on any atom is 0.306 e. The zero-order valence-corrected chi connectivity index (χ0v) is 14.9. The first-order valence-electron chi connectivity index (χ1n) is 8.62. The van der Waals surface area contributed by atoms with Gasteiger partial charge < -0.3 is 9.47 Å². The van der Waals surface area contributed by atoms with Crippen LogP contribution in [0, 0.1) is 25.2 Å². The second-order valence-electron chi connectivity index (χ2n) is 7.60. The summed E-state index contributed by atoms with van der Waals surface area (Å²) in [7, 11) is 1.93. The summed E-state index contributed by atoms with van der Waals surface area (Å²) < 4.78 is 13.6. The SMILES string of the molecule is Cc1nn(C)c(C)c1CCC(=O)O[C@@H]1[C@H]2CCCO[C@H]2C1(C)C. The van der Waals surface area contributed by atoms with Crippen molar-refractivity contribution in [2.24, 2.45) is 18.4 Å². The zero-order chi connectivity index (χ0) is 16.8. The summed E-state index contributed by atoms with van der Waals surface area (Å²) in [6.45, 7) is 9.16. The summed E-state index contributed by atoms with van der Waals surface area (Å²) >= 11 is 0. The van der Waals surface area contributed by atoms with Crippen LogP contribution in [-0.2, 0) is 27.7 Å². The number of carbonyl (C=O) groups excluding carboxylic acids is 1. The predicted molar refractivity (Wildman–Crippen MR) is 87.1 cm³/mol. The number of esters is 1. The molecule has 1 saturated carbocycles. The molecule has 1 aromatic heterocycles. The number of ether oxygens (including phenoxy) is 2. The van der Waals surface area contributed by atoms with E-state index in [-0.39, 0.29) is 23.6 Å². The van der Waals surface area contributed by atoms with Gasteiger partial charge in [0.1, 0.15) is 6.10 Å². The van der Waals surface area contributed by atoms with Crippen molar-refractivity contribution in [2.75, 3.05) is 6.61 Å². The molecule has 0 unspecified atom stereocenters. The van der Waals surface area contributed by atoms with Gasteiger partial charge in [0, 0.05) is 37.1 Å². The Morgan fingerprint density at radius 1 is 1.43 bits per heavy atom. The van der Waals surface area contributed by atoms with Crippen molar-refractivity contribution in [1.82, 2.24) is 9.78 Å². The lowest BCUT2D eigenvalue weighted by atomic mass is 9.57. The average molecular weight is 320 g/mol. The van der Waals surface area contributed by atoms with Crippen LogP contribution in [0.5, 0.6) is 0 Å². The molecule has 0 aromatic carbocycles. The maximum atomic E-state index is 12.3. The number of rotatable bonds is 4. The molecule has 3 atom stereocenters. The van der Waals surface area contributed by atoms with E-state index >= 15 is 0 Å². The third kappa shape index (κ3) is 2.80. The van der Waals surface area contributed by atoms with Gasteiger partial charge in [0.2, 0.25) is 0 Å². The monoisotopic (exact) mass is 320 g/mol. The highest BCUT2D eigenvalue weighted by atomic mass is 16.6. The molecule has 5 heteroatoms. The standard InChI is InChI=1S/C18H28N2O3/c1-11-13(12(2)20(5)19-11)8-9-15(21)23-17-14-7-6-10-22-16(14)18(17,3)4/h14,16-17H,6-10H2,1-5H3/t14-,16+,17+/m0/s1. The van der Waals surface area contributed by atoms with Crippen LogP contribution < -0.4 is 0 Å². The molecule has 1 saturated heterocycles. The lowest BCUT2D eigenvalue weighted by Gasteiger charge is -2.58. The zero-order valence-electron chi connectivity index (χ0n) is 14.9. The third-order valence-electron chi connectivity index (χ3n) is 5.72. The van der Waals surface area contributed by atoms with Crippen molar-refractivity contribution in [3.8, 4) is 0 Å². The third-order valence-corrected chi connectivity index (χ3v) is 5.72. The topological polar surface area (TPSA) is 53.4 Å². The fourth-order valence-corrected chi connectivity index (χ4v) is 4.32. The smallest absolute Gasteiger partial charge is 0.306 e. The van der Waals surface area contributed by atoms with Crippen molar-refractivity contribution in [3.05, 3.63) is 17.0 Å². The van der Waals surface area contributed by atoms with Crippen molar-refractivity contribution in [2.45, 2.75) is 65.6 Å². The van der Waals surface area contributed by atoms with Crippen LogP contribution in [-0.4, -0.2) is 34.6 Å². The van der Waals surface area contributed by atoms with Crippen LogP contribution in [0.2, 0.25) is 0 Å². The van der Waals surface area contributed by atoms with Crippen LogP contribution in [0.25, 0.3) is 0 Å². The molecule has 1 aromatic rings. The Bertz CT molecular complexity index is 606. The number of hydrogen-bond acceptors (Lipinski definition) is 4. The number of aromatic nitrogens is 2. The predicted octanol–water partition coefficient (Wildman–Crippen LogP) is 2.72. The number of carbonyl (C=O) groups is 1. The summed E-state index contributed by atoms with van der Waals surface area (Å²) in [5, 5.41) is 4.40. The molecule has 2 fully saturated rings. The Labute approximate surface area is 138 Å². The van der Waals surface area contributed by atoms with Gasteiger partial charge in [-0.25, -0.2) is 0 Å². The summed E-state index contributed by atoms with van der Waals surface area (Å²) in [6.07, 6.45) is 3.53. The van der Waals surface area contributed by atoms with E-state index in [2.05, 4.69) is 18.9 Å². The number of aryl methyl sites for hydroxylation is 2. The molecular weight excluding hydrogens is 292 g/mol. The van der Waals surface area contributed by atoms with Crippen LogP contribution in [0.4, 0.5) is 0 Å². The van der Waals surface area contributed by atoms with Gasteiger partial charge in [-0.2, -0.15) is 5.10 Å². The molecule has 0 radical (unpaired) electrons. The summed E-state index contributed by atoms with van der Waals surface area (Å²) in [5.74, 6) is 0.277. The molecule has 1 aliphatic heterocycles. The van der Waals surface area contributed by atoms with Crippen LogP contribution in [0.3, 0.4) is 0 Å². The number of hydrogen-bond donors (Lipinski definition) is 0. The van der Waals surface area contributed by atoms with E-state index in [0.717, 1.165) is 36.4 Å². The summed E-state index contributed by atoms with van der Waals surface area (Å²) in [5.41, 5.74) is 3.22. The molecule has 23 heavy (non-hydrogen) atoms. The molecule has 3 rings (SSSR count). The van der Waals surface area contributed by atoms with Crippen LogP contribution in [0.15, 0.2) is 0 Å². The first kappa shape index (κ1) is 16.5. The van der Waals surface area contributed by atoms with Gasteiger partial charge in [0.25, 0.3) is 0 Å². The van der Waals surface area contributed by atoms with Gasteiger partial charge in [0.15, 0.2) is 0 Å². The molecule has 1 aliphatic carbocycles. The molecule has 5 nitrogen and oxygen atoms in total. The average Bonchev–Trinajstić information content (AvgIpc) is 2.76. The van der Waals surface area contributed by atoms with Crippen molar-refractivity contribution >= 4 is 5.97 Å². The molecular formula is C18H28N2O3. The van der Waals surface area contributed by atoms with E-state index < -0.39 is 0 Å². The van der Waals surface area contributed by atoms with Gasteiger partial charge >= 0.3 is 5.97 Å². The van der Waals surface area contributed by atoms with E-state index in [1.165, 1.54) is 0 Å². The largest absolute Gasteiger partial charge is 0.461 e. The van der Waals surface area contributed by atoms with E-state index in [9.17, 15) is 4.79 Å². The fraction of sp³-hybridized carbons (Fsp3) is 0.778. The molecule has 0 amide bonds. The Morgan fingerprint density at radius 3 is 2.83 bits per heavy atom. The lowest BCUT2D eigenvalue weighted by molar-refractivity contribution is -0.254. The van der Waals surface area contributed by atoms with Crippen LogP contribution >= 0.6 is 0 Å². The van der Waals surface area contributed by atoms with E-state index in [4.69, 9.17) is 9.47 Å². The van der Waals surface area contributed by atoms with Crippen molar-refractivity contribution in [1.29, 1.82) is 0 Å². The number of nitrogens with zero attached hydrogens (tertiary/aromatic N) is 2. The Morgan fingerprint density at radius 2 is 2.17 bits per heavy atom. The Balaban J connectivity index is 1.57. The molecule has 2 aliphatic rings. The van der Waals surface area contributed by atoms with Gasteiger partial charge in [-0.3, -0.25) is 9.48 Å². The van der Waals surface area contributed by atoms with Gasteiger partial charge in [0.05, 0.1) is 11.8 Å². The highest BCUT2D eigenvalue weighted by molar-refractivity contribution is 5.70. The van der Waals surface area contributed by atoms with E-state index in [0.29, 0.717) is 18.8 Å². The normalized spacial score (nSPS) is 28.8.